The highest BCUT2D eigenvalue weighted by Gasteiger charge is 2.05. The zero-order valence-corrected chi connectivity index (χ0v) is 16.8. The first-order valence-electron chi connectivity index (χ1n) is 9.33. The van der Waals surface area contributed by atoms with Crippen molar-refractivity contribution in [3.63, 3.8) is 0 Å². The highest BCUT2D eigenvalue weighted by Crippen LogP contribution is 2.18. The Kier molecular flexibility index (Phi) is 16.1. The Morgan fingerprint density at radius 2 is 1.42 bits per heavy atom. The Hall–Kier alpha value is -0.250. The molecule has 24 heavy (non-hydrogen) atoms. The number of nitrogens with two attached hydrogens (primary N) is 1. The van der Waals surface area contributed by atoms with Crippen LogP contribution >= 0.6 is 24.2 Å². The zero-order valence-electron chi connectivity index (χ0n) is 15.1. The van der Waals surface area contributed by atoms with Crippen LogP contribution in [0.5, 0.6) is 0 Å². The minimum absolute atomic E-state index is 0. The molecule has 0 saturated carbocycles. The van der Waals surface area contributed by atoms with Gasteiger partial charge in [-0.25, -0.2) is 4.39 Å². The van der Waals surface area contributed by atoms with Crippen molar-refractivity contribution >= 4 is 24.2 Å². The lowest BCUT2D eigenvalue weighted by molar-refractivity contribution is 0.586. The number of thioether (sulfide) groups is 1. The summed E-state index contributed by atoms with van der Waals surface area (Å²) < 4.78 is 12.9. The van der Waals surface area contributed by atoms with Gasteiger partial charge in [0.25, 0.3) is 0 Å². The van der Waals surface area contributed by atoms with E-state index in [1.165, 1.54) is 75.0 Å². The van der Waals surface area contributed by atoms with Gasteiger partial charge in [-0.1, -0.05) is 64.0 Å². The highest BCUT2D eigenvalue weighted by molar-refractivity contribution is 7.99. The second-order valence-corrected chi connectivity index (χ2v) is 7.61. The molecule has 0 radical (unpaired) electrons. The van der Waals surface area contributed by atoms with Crippen molar-refractivity contribution in [1.29, 1.82) is 0 Å². The van der Waals surface area contributed by atoms with Crippen LogP contribution in [0.3, 0.4) is 0 Å². The molecule has 1 nitrogen and oxygen atoms in total. The lowest BCUT2D eigenvalue weighted by Crippen LogP contribution is -2.10. The topological polar surface area (TPSA) is 26.0 Å². The van der Waals surface area contributed by atoms with Gasteiger partial charge in [-0.2, -0.15) is 11.8 Å². The summed E-state index contributed by atoms with van der Waals surface area (Å²) in [6.45, 7) is 2.27. The number of halogens is 2. The van der Waals surface area contributed by atoms with Crippen LogP contribution in [0.25, 0.3) is 0 Å². The Balaban J connectivity index is 0.00000529. The Bertz CT molecular complexity index is 386. The quantitative estimate of drug-likeness (QED) is 0.358. The molecular formula is C20H35ClFNS. The highest BCUT2D eigenvalue weighted by atomic mass is 35.5. The third kappa shape index (κ3) is 12.2. The van der Waals surface area contributed by atoms with Crippen LogP contribution in [-0.2, 0) is 0 Å². The molecule has 0 heterocycles. The standard InChI is InChI=1S/C20H34FNS.ClH/c1-2-3-4-5-6-7-8-9-16-23-17-10-11-20(22)18-12-14-19(21)15-13-18;/h12-15,20H,2-11,16-17,22H2,1H3;1H. The van der Waals surface area contributed by atoms with Crippen molar-refractivity contribution in [3.8, 4) is 0 Å². The van der Waals surface area contributed by atoms with E-state index in [-0.39, 0.29) is 24.3 Å². The first-order valence-corrected chi connectivity index (χ1v) is 10.5. The van der Waals surface area contributed by atoms with Crippen molar-refractivity contribution in [2.45, 2.75) is 77.2 Å². The summed E-state index contributed by atoms with van der Waals surface area (Å²) in [5.74, 6) is 2.27. The second-order valence-electron chi connectivity index (χ2n) is 6.39. The lowest BCUT2D eigenvalue weighted by Gasteiger charge is -2.11. The van der Waals surface area contributed by atoms with Gasteiger partial charge >= 0.3 is 0 Å². The molecule has 0 aliphatic heterocycles. The van der Waals surface area contributed by atoms with Crippen LogP contribution in [0.15, 0.2) is 24.3 Å². The van der Waals surface area contributed by atoms with Gasteiger partial charge in [0.15, 0.2) is 0 Å². The summed E-state index contributed by atoms with van der Waals surface area (Å²) >= 11 is 2.05. The van der Waals surface area contributed by atoms with Crippen molar-refractivity contribution in [2.24, 2.45) is 5.73 Å². The molecular weight excluding hydrogens is 341 g/mol. The number of hydrogen-bond acceptors (Lipinski definition) is 2. The smallest absolute Gasteiger partial charge is 0.123 e. The van der Waals surface area contributed by atoms with Crippen molar-refractivity contribution < 1.29 is 4.39 Å². The van der Waals surface area contributed by atoms with E-state index < -0.39 is 0 Å². The molecule has 0 spiro atoms. The summed E-state index contributed by atoms with van der Waals surface area (Å²) in [5.41, 5.74) is 7.18. The Morgan fingerprint density at radius 1 is 0.875 bits per heavy atom. The van der Waals surface area contributed by atoms with E-state index >= 15 is 0 Å². The summed E-state index contributed by atoms with van der Waals surface area (Å²) in [4.78, 5) is 0. The zero-order chi connectivity index (χ0) is 16.8. The second kappa shape index (κ2) is 16.2. The predicted molar refractivity (Wildman–Crippen MR) is 110 cm³/mol. The molecule has 0 aliphatic carbocycles. The van der Waals surface area contributed by atoms with Gasteiger partial charge in [-0.15, -0.1) is 12.4 Å². The van der Waals surface area contributed by atoms with E-state index in [1.807, 2.05) is 11.8 Å². The third-order valence-electron chi connectivity index (χ3n) is 4.24. The van der Waals surface area contributed by atoms with Crippen LogP contribution in [0.2, 0.25) is 0 Å². The van der Waals surface area contributed by atoms with Gasteiger partial charge < -0.3 is 5.73 Å². The maximum Gasteiger partial charge on any atom is 0.123 e. The molecule has 1 rings (SSSR count). The van der Waals surface area contributed by atoms with E-state index in [0.29, 0.717) is 0 Å². The van der Waals surface area contributed by atoms with Gasteiger partial charge in [0.1, 0.15) is 5.82 Å². The summed E-state index contributed by atoms with van der Waals surface area (Å²) in [6, 6.07) is 6.62. The maximum absolute atomic E-state index is 12.9. The van der Waals surface area contributed by atoms with Crippen molar-refractivity contribution in [1.82, 2.24) is 0 Å². The fourth-order valence-corrected chi connectivity index (χ4v) is 3.71. The molecule has 4 heteroatoms. The fourth-order valence-electron chi connectivity index (χ4n) is 2.72. The van der Waals surface area contributed by atoms with E-state index in [9.17, 15) is 4.39 Å². The summed E-state index contributed by atoms with van der Waals surface area (Å²) in [5, 5.41) is 0. The molecule has 1 atom stereocenters. The molecule has 2 N–H and O–H groups in total. The number of unbranched alkanes of at least 4 members (excludes halogenated alkanes) is 7. The van der Waals surface area contributed by atoms with E-state index in [2.05, 4.69) is 6.92 Å². The van der Waals surface area contributed by atoms with Gasteiger partial charge in [0, 0.05) is 6.04 Å². The van der Waals surface area contributed by atoms with Gasteiger partial charge in [0.05, 0.1) is 0 Å². The van der Waals surface area contributed by atoms with Crippen LogP contribution in [0, 0.1) is 5.82 Å². The monoisotopic (exact) mass is 375 g/mol. The average Bonchev–Trinajstić information content (AvgIpc) is 2.56. The lowest BCUT2D eigenvalue weighted by atomic mass is 10.0. The molecule has 140 valence electrons. The summed E-state index contributed by atoms with van der Waals surface area (Å²) in [7, 11) is 0. The fraction of sp³-hybridized carbons (Fsp3) is 0.700. The first-order chi connectivity index (χ1) is 11.2. The maximum atomic E-state index is 12.9. The molecule has 1 unspecified atom stereocenters. The van der Waals surface area contributed by atoms with Crippen LogP contribution in [0.4, 0.5) is 4.39 Å². The summed E-state index contributed by atoms with van der Waals surface area (Å²) in [6.07, 6.45) is 13.2. The molecule has 0 saturated heterocycles. The van der Waals surface area contributed by atoms with E-state index in [4.69, 9.17) is 5.73 Å². The van der Waals surface area contributed by atoms with E-state index in [1.54, 1.807) is 12.1 Å². The molecule has 0 bridgehead atoms. The molecule has 0 aliphatic rings. The largest absolute Gasteiger partial charge is 0.324 e. The Morgan fingerprint density at radius 3 is 2.04 bits per heavy atom. The van der Waals surface area contributed by atoms with E-state index in [0.717, 1.165) is 18.4 Å². The third-order valence-corrected chi connectivity index (χ3v) is 5.40. The number of benzene rings is 1. The molecule has 0 fully saturated rings. The molecule has 0 amide bonds. The minimum atomic E-state index is -0.193. The number of rotatable bonds is 14. The molecule has 0 aromatic heterocycles. The predicted octanol–water partition coefficient (Wildman–Crippen LogP) is 6.90. The molecule has 1 aromatic carbocycles. The molecule has 1 aromatic rings. The van der Waals surface area contributed by atoms with Gasteiger partial charge in [0.2, 0.25) is 0 Å². The van der Waals surface area contributed by atoms with Crippen LogP contribution in [-0.4, -0.2) is 11.5 Å². The van der Waals surface area contributed by atoms with Crippen molar-refractivity contribution in [3.05, 3.63) is 35.6 Å². The Labute approximate surface area is 158 Å². The first kappa shape index (κ1) is 23.8. The minimum Gasteiger partial charge on any atom is -0.324 e. The average molecular weight is 376 g/mol. The van der Waals surface area contributed by atoms with Crippen molar-refractivity contribution in [2.75, 3.05) is 11.5 Å². The SMILES string of the molecule is CCCCCCCCCCSCCCC(N)c1ccc(F)cc1.Cl. The van der Waals surface area contributed by atoms with Gasteiger partial charge in [-0.3, -0.25) is 0 Å². The normalized spacial score (nSPS) is 12.0. The number of hydrogen-bond donors (Lipinski definition) is 1. The van der Waals surface area contributed by atoms with Crippen LogP contribution in [0.1, 0.15) is 82.7 Å². The van der Waals surface area contributed by atoms with Crippen LogP contribution < -0.4 is 5.73 Å². The van der Waals surface area contributed by atoms with Gasteiger partial charge in [-0.05, 0) is 48.5 Å².